The molecule has 144 valence electrons. The van der Waals surface area contributed by atoms with Gasteiger partial charge in [-0.3, -0.25) is 9.69 Å². The van der Waals surface area contributed by atoms with Gasteiger partial charge >= 0.3 is 0 Å². The number of rotatable bonds is 5. The minimum Gasteiger partial charge on any atom is -0.482 e. The lowest BCUT2D eigenvalue weighted by atomic mass is 10.1. The Morgan fingerprint density at radius 3 is 2.73 bits per heavy atom. The van der Waals surface area contributed by atoms with Crippen molar-refractivity contribution in [2.24, 2.45) is 0 Å². The standard InChI is InChI=1S/C17H21Cl3FN3O2/c18-13-5-15(20)16(6-14(13)19)26-10-17(25)24-4-2-22-7-12(24)9-23-3-1-11(21)8-23/h5-6,11-12,22H,1-4,7-10H2/t11?,12-/m1/s1. The highest BCUT2D eigenvalue weighted by Gasteiger charge is 2.31. The van der Waals surface area contributed by atoms with Crippen LogP contribution in [0.5, 0.6) is 5.75 Å². The summed E-state index contributed by atoms with van der Waals surface area (Å²) in [5.41, 5.74) is 0. The van der Waals surface area contributed by atoms with Gasteiger partial charge in [0.25, 0.3) is 5.91 Å². The average Bonchev–Trinajstić information content (AvgIpc) is 3.02. The van der Waals surface area contributed by atoms with Crippen LogP contribution in [0, 0.1) is 0 Å². The van der Waals surface area contributed by atoms with Crippen molar-refractivity contribution in [3.05, 3.63) is 27.2 Å². The monoisotopic (exact) mass is 423 g/mol. The van der Waals surface area contributed by atoms with Crippen LogP contribution in [0.2, 0.25) is 15.1 Å². The number of nitrogens with one attached hydrogen (secondary N) is 1. The molecule has 2 aliphatic rings. The fraction of sp³-hybridized carbons (Fsp3) is 0.588. The summed E-state index contributed by atoms with van der Waals surface area (Å²) in [5.74, 6) is 0.190. The van der Waals surface area contributed by atoms with E-state index >= 15 is 0 Å². The first-order chi connectivity index (χ1) is 12.4. The lowest BCUT2D eigenvalue weighted by Gasteiger charge is -2.38. The Morgan fingerprint density at radius 1 is 1.23 bits per heavy atom. The fourth-order valence-electron chi connectivity index (χ4n) is 3.34. The molecule has 2 atom stereocenters. The maximum Gasteiger partial charge on any atom is 0.260 e. The molecule has 1 aromatic carbocycles. The molecule has 0 spiro atoms. The number of likely N-dealkylation sites (tertiary alicyclic amines) is 1. The molecule has 1 amide bonds. The molecule has 1 aromatic rings. The number of nitrogens with zero attached hydrogens (tertiary/aromatic N) is 2. The molecule has 0 radical (unpaired) electrons. The van der Waals surface area contributed by atoms with E-state index in [1.165, 1.54) is 12.1 Å². The molecule has 5 nitrogen and oxygen atoms in total. The van der Waals surface area contributed by atoms with Gasteiger partial charge in [-0.05, 0) is 12.5 Å². The summed E-state index contributed by atoms with van der Waals surface area (Å²) >= 11 is 17.9. The highest BCUT2D eigenvalue weighted by molar-refractivity contribution is 6.43. The van der Waals surface area contributed by atoms with Crippen LogP contribution in [0.1, 0.15) is 6.42 Å². The predicted molar refractivity (Wildman–Crippen MR) is 101 cm³/mol. The number of carbonyl (C=O) groups is 1. The van der Waals surface area contributed by atoms with Gasteiger partial charge in [-0.15, -0.1) is 0 Å². The van der Waals surface area contributed by atoms with Crippen molar-refractivity contribution in [1.29, 1.82) is 0 Å². The lowest BCUT2D eigenvalue weighted by molar-refractivity contribution is -0.137. The molecular formula is C17H21Cl3FN3O2. The number of hydrogen-bond donors (Lipinski definition) is 1. The molecule has 2 fully saturated rings. The van der Waals surface area contributed by atoms with E-state index in [2.05, 4.69) is 10.2 Å². The summed E-state index contributed by atoms with van der Waals surface area (Å²) in [4.78, 5) is 16.5. The van der Waals surface area contributed by atoms with Crippen LogP contribution in [0.3, 0.4) is 0 Å². The van der Waals surface area contributed by atoms with E-state index in [1.807, 2.05) is 0 Å². The van der Waals surface area contributed by atoms with Gasteiger partial charge in [-0.2, -0.15) is 0 Å². The van der Waals surface area contributed by atoms with E-state index in [4.69, 9.17) is 39.5 Å². The van der Waals surface area contributed by atoms with Crippen LogP contribution in [0.15, 0.2) is 12.1 Å². The average molecular weight is 425 g/mol. The van der Waals surface area contributed by atoms with Crippen LogP contribution in [-0.2, 0) is 4.79 Å². The van der Waals surface area contributed by atoms with Gasteiger partial charge in [0.1, 0.15) is 11.9 Å². The third-order valence-electron chi connectivity index (χ3n) is 4.68. The van der Waals surface area contributed by atoms with Gasteiger partial charge in [0.2, 0.25) is 0 Å². The molecule has 0 saturated carbocycles. The zero-order valence-corrected chi connectivity index (χ0v) is 16.5. The second-order valence-corrected chi connectivity index (χ2v) is 7.80. The normalized spacial score (nSPS) is 24.1. The number of piperazine rings is 1. The van der Waals surface area contributed by atoms with Crippen LogP contribution in [0.4, 0.5) is 4.39 Å². The zero-order chi connectivity index (χ0) is 18.7. The van der Waals surface area contributed by atoms with E-state index in [0.717, 1.165) is 13.1 Å². The summed E-state index contributed by atoms with van der Waals surface area (Å²) in [6.45, 7) is 3.69. The maximum atomic E-state index is 13.4. The summed E-state index contributed by atoms with van der Waals surface area (Å²) in [7, 11) is 0. The number of alkyl halides is 1. The molecule has 1 unspecified atom stereocenters. The third kappa shape index (κ3) is 4.93. The van der Waals surface area contributed by atoms with Crippen molar-refractivity contribution in [2.45, 2.75) is 18.6 Å². The van der Waals surface area contributed by atoms with Crippen LogP contribution in [0.25, 0.3) is 0 Å². The van der Waals surface area contributed by atoms with Crippen LogP contribution in [-0.4, -0.2) is 73.8 Å². The van der Waals surface area contributed by atoms with Crippen LogP contribution < -0.4 is 10.1 Å². The fourth-order valence-corrected chi connectivity index (χ4v) is 3.93. The Kier molecular flexibility index (Phi) is 6.86. The molecule has 26 heavy (non-hydrogen) atoms. The second kappa shape index (κ2) is 8.93. The molecule has 0 bridgehead atoms. The number of ether oxygens (including phenoxy) is 1. The van der Waals surface area contributed by atoms with Gasteiger partial charge in [-0.1, -0.05) is 34.8 Å². The van der Waals surface area contributed by atoms with Gasteiger partial charge in [-0.25, -0.2) is 4.39 Å². The number of carbonyl (C=O) groups excluding carboxylic acids is 1. The third-order valence-corrected chi connectivity index (χ3v) is 5.70. The van der Waals surface area contributed by atoms with Crippen molar-refractivity contribution < 1.29 is 13.9 Å². The van der Waals surface area contributed by atoms with Gasteiger partial charge in [0.05, 0.1) is 21.1 Å². The van der Waals surface area contributed by atoms with Crippen molar-refractivity contribution >= 4 is 40.7 Å². The predicted octanol–water partition coefficient (Wildman–Crippen LogP) is 2.87. The molecule has 0 aromatic heterocycles. The zero-order valence-electron chi connectivity index (χ0n) is 14.2. The Hall–Kier alpha value is -0.790. The maximum absolute atomic E-state index is 13.4. The largest absolute Gasteiger partial charge is 0.482 e. The summed E-state index contributed by atoms with van der Waals surface area (Å²) < 4.78 is 19.0. The number of hydrogen-bond acceptors (Lipinski definition) is 4. The number of benzene rings is 1. The molecule has 9 heteroatoms. The molecule has 2 heterocycles. The summed E-state index contributed by atoms with van der Waals surface area (Å²) in [6.07, 6.45) is -0.205. The Bertz CT molecular complexity index is 664. The highest BCUT2D eigenvalue weighted by Crippen LogP contribution is 2.33. The van der Waals surface area contributed by atoms with Crippen molar-refractivity contribution in [1.82, 2.24) is 15.1 Å². The molecule has 0 aliphatic carbocycles. The molecular weight excluding hydrogens is 404 g/mol. The summed E-state index contributed by atoms with van der Waals surface area (Å²) in [6, 6.07) is 2.98. The van der Waals surface area contributed by atoms with E-state index in [1.54, 1.807) is 4.90 Å². The SMILES string of the molecule is O=C(COc1cc(Cl)c(Cl)cc1Cl)N1CCNC[C@@H]1CN1CCC(F)C1. The topological polar surface area (TPSA) is 44.8 Å². The van der Waals surface area contributed by atoms with Crippen molar-refractivity contribution in [2.75, 3.05) is 45.9 Å². The summed E-state index contributed by atoms with van der Waals surface area (Å²) in [5, 5.41) is 4.24. The van der Waals surface area contributed by atoms with Crippen molar-refractivity contribution in [3.8, 4) is 5.75 Å². The van der Waals surface area contributed by atoms with E-state index in [-0.39, 0.29) is 18.6 Å². The Balaban J connectivity index is 1.59. The Morgan fingerprint density at radius 2 is 2.00 bits per heavy atom. The second-order valence-electron chi connectivity index (χ2n) is 6.58. The lowest BCUT2D eigenvalue weighted by Crippen LogP contribution is -2.58. The first-order valence-corrected chi connectivity index (χ1v) is 9.71. The first kappa shape index (κ1) is 20.0. The number of amides is 1. The van der Waals surface area contributed by atoms with E-state index in [9.17, 15) is 9.18 Å². The van der Waals surface area contributed by atoms with Crippen molar-refractivity contribution in [3.63, 3.8) is 0 Å². The van der Waals surface area contributed by atoms with Gasteiger partial charge in [0.15, 0.2) is 6.61 Å². The minimum absolute atomic E-state index is 0.00516. The molecule has 2 aliphatic heterocycles. The Labute approximate surface area is 167 Å². The van der Waals surface area contributed by atoms with E-state index in [0.29, 0.717) is 53.4 Å². The molecule has 2 saturated heterocycles. The minimum atomic E-state index is -0.768. The van der Waals surface area contributed by atoms with E-state index < -0.39 is 6.17 Å². The van der Waals surface area contributed by atoms with Crippen LogP contribution >= 0.6 is 34.8 Å². The molecule has 3 rings (SSSR count). The molecule has 1 N–H and O–H groups in total. The smallest absolute Gasteiger partial charge is 0.260 e. The first-order valence-electron chi connectivity index (χ1n) is 8.58. The van der Waals surface area contributed by atoms with Gasteiger partial charge in [0, 0.05) is 45.3 Å². The van der Waals surface area contributed by atoms with Gasteiger partial charge < -0.3 is 15.0 Å². The number of halogens is 4. The highest BCUT2D eigenvalue weighted by atomic mass is 35.5. The quantitative estimate of drug-likeness (QED) is 0.738.